The van der Waals surface area contributed by atoms with Gasteiger partial charge >= 0.3 is 0 Å². The van der Waals surface area contributed by atoms with E-state index in [1.54, 1.807) is 14.2 Å². The van der Waals surface area contributed by atoms with E-state index in [-0.39, 0.29) is 0 Å². The monoisotopic (exact) mass is 284 g/mol. The SMILES string of the molecule is COc1ccc(OC)c(-c2nnc3c(N)cc(C)cn23)c1. The highest BCUT2D eigenvalue weighted by atomic mass is 16.5. The zero-order valence-electron chi connectivity index (χ0n) is 12.1. The van der Waals surface area contributed by atoms with Crippen molar-refractivity contribution in [3.05, 3.63) is 36.0 Å². The molecule has 0 amide bonds. The first kappa shape index (κ1) is 13.2. The third-order valence-corrected chi connectivity index (χ3v) is 3.32. The number of anilines is 1. The van der Waals surface area contributed by atoms with Crippen molar-refractivity contribution in [1.29, 1.82) is 0 Å². The van der Waals surface area contributed by atoms with Crippen LogP contribution in [0.3, 0.4) is 0 Å². The highest BCUT2D eigenvalue weighted by molar-refractivity contribution is 5.73. The fourth-order valence-corrected chi connectivity index (χ4v) is 2.33. The number of aryl methyl sites for hydroxylation is 1. The highest BCUT2D eigenvalue weighted by Crippen LogP contribution is 2.33. The van der Waals surface area contributed by atoms with E-state index in [0.717, 1.165) is 16.9 Å². The van der Waals surface area contributed by atoms with Crippen LogP contribution in [0.5, 0.6) is 11.5 Å². The van der Waals surface area contributed by atoms with E-state index >= 15 is 0 Å². The number of hydrogen-bond donors (Lipinski definition) is 1. The number of fused-ring (bicyclic) bond motifs is 1. The van der Waals surface area contributed by atoms with E-state index in [4.69, 9.17) is 15.2 Å². The molecule has 3 rings (SSSR count). The fourth-order valence-electron chi connectivity index (χ4n) is 2.33. The first-order valence-corrected chi connectivity index (χ1v) is 6.47. The Hall–Kier alpha value is -2.76. The molecular weight excluding hydrogens is 268 g/mol. The van der Waals surface area contributed by atoms with Gasteiger partial charge in [-0.25, -0.2) is 0 Å². The molecule has 0 fully saturated rings. The molecule has 2 N–H and O–H groups in total. The summed E-state index contributed by atoms with van der Waals surface area (Å²) < 4.78 is 12.5. The first-order chi connectivity index (χ1) is 10.1. The highest BCUT2D eigenvalue weighted by Gasteiger charge is 2.15. The normalized spacial score (nSPS) is 10.8. The average molecular weight is 284 g/mol. The molecule has 0 unspecified atom stereocenters. The van der Waals surface area contributed by atoms with Gasteiger partial charge in [-0.15, -0.1) is 10.2 Å². The molecule has 6 nitrogen and oxygen atoms in total. The zero-order valence-corrected chi connectivity index (χ0v) is 12.1. The molecule has 0 bridgehead atoms. The van der Waals surface area contributed by atoms with Gasteiger partial charge in [0.1, 0.15) is 11.5 Å². The second-order valence-electron chi connectivity index (χ2n) is 4.76. The summed E-state index contributed by atoms with van der Waals surface area (Å²) in [5, 5.41) is 8.41. The molecule has 1 aromatic carbocycles. The van der Waals surface area contributed by atoms with Gasteiger partial charge in [0.05, 0.1) is 25.5 Å². The Kier molecular flexibility index (Phi) is 3.13. The number of rotatable bonds is 3. The third-order valence-electron chi connectivity index (χ3n) is 3.32. The lowest BCUT2D eigenvalue weighted by Crippen LogP contribution is -1.97. The third kappa shape index (κ3) is 2.14. The lowest BCUT2D eigenvalue weighted by molar-refractivity contribution is 0.404. The molecule has 0 saturated carbocycles. The molecule has 0 radical (unpaired) electrons. The molecule has 0 aliphatic rings. The first-order valence-electron chi connectivity index (χ1n) is 6.47. The topological polar surface area (TPSA) is 74.7 Å². The van der Waals surface area contributed by atoms with Crippen LogP contribution in [-0.2, 0) is 0 Å². The molecule has 6 heteroatoms. The lowest BCUT2D eigenvalue weighted by atomic mass is 10.1. The zero-order chi connectivity index (χ0) is 15.0. The number of ether oxygens (including phenoxy) is 2. The number of pyridine rings is 1. The Morgan fingerprint density at radius 2 is 1.90 bits per heavy atom. The van der Waals surface area contributed by atoms with Crippen LogP contribution in [0.2, 0.25) is 0 Å². The van der Waals surface area contributed by atoms with Gasteiger partial charge in [-0.2, -0.15) is 0 Å². The summed E-state index contributed by atoms with van der Waals surface area (Å²) in [4.78, 5) is 0. The van der Waals surface area contributed by atoms with Crippen molar-refractivity contribution in [2.45, 2.75) is 6.92 Å². The van der Waals surface area contributed by atoms with Gasteiger partial charge in [-0.05, 0) is 36.8 Å². The number of nitrogens with zero attached hydrogens (tertiary/aromatic N) is 3. The predicted molar refractivity (Wildman–Crippen MR) is 80.7 cm³/mol. The number of nitrogens with two attached hydrogens (primary N) is 1. The molecule has 21 heavy (non-hydrogen) atoms. The van der Waals surface area contributed by atoms with E-state index in [9.17, 15) is 0 Å². The minimum absolute atomic E-state index is 0.593. The Balaban J connectivity index is 2.30. The molecule has 2 heterocycles. The summed E-state index contributed by atoms with van der Waals surface area (Å²) in [7, 11) is 3.24. The number of nitrogen functional groups attached to an aromatic ring is 1. The molecule has 0 saturated heterocycles. The molecule has 2 aromatic heterocycles. The van der Waals surface area contributed by atoms with Crippen LogP contribution in [0, 0.1) is 6.92 Å². The van der Waals surface area contributed by atoms with Gasteiger partial charge in [-0.3, -0.25) is 4.40 Å². The van der Waals surface area contributed by atoms with Gasteiger partial charge in [0, 0.05) is 6.20 Å². The standard InChI is InChI=1S/C15H16N4O2/c1-9-6-12(16)15-18-17-14(19(15)8-9)11-7-10(20-2)4-5-13(11)21-3/h4-8H,16H2,1-3H3. The molecule has 108 valence electrons. The molecular formula is C15H16N4O2. The average Bonchev–Trinajstić information content (AvgIpc) is 2.90. The minimum Gasteiger partial charge on any atom is -0.497 e. The van der Waals surface area contributed by atoms with Crippen molar-refractivity contribution in [1.82, 2.24) is 14.6 Å². The fraction of sp³-hybridized carbons (Fsp3) is 0.200. The van der Waals surface area contributed by atoms with Gasteiger partial charge in [0.2, 0.25) is 0 Å². The summed E-state index contributed by atoms with van der Waals surface area (Å²) in [6.45, 7) is 1.97. The van der Waals surface area contributed by atoms with Gasteiger partial charge in [0.25, 0.3) is 0 Å². The van der Waals surface area contributed by atoms with Gasteiger partial charge < -0.3 is 15.2 Å². The maximum atomic E-state index is 6.00. The van der Waals surface area contributed by atoms with Crippen LogP contribution in [0.25, 0.3) is 17.0 Å². The minimum atomic E-state index is 0.593. The predicted octanol–water partition coefficient (Wildman–Crippen LogP) is 2.30. The van der Waals surface area contributed by atoms with Crippen LogP contribution in [0.1, 0.15) is 5.56 Å². The lowest BCUT2D eigenvalue weighted by Gasteiger charge is -2.09. The Morgan fingerprint density at radius 3 is 2.62 bits per heavy atom. The van der Waals surface area contributed by atoms with Crippen molar-refractivity contribution in [2.75, 3.05) is 20.0 Å². The second kappa shape index (κ2) is 4.97. The van der Waals surface area contributed by atoms with E-state index in [0.29, 0.717) is 22.9 Å². The summed E-state index contributed by atoms with van der Waals surface area (Å²) >= 11 is 0. The summed E-state index contributed by atoms with van der Waals surface area (Å²) in [5.41, 5.74) is 9.05. The van der Waals surface area contributed by atoms with Crippen LogP contribution < -0.4 is 15.2 Å². The Morgan fingerprint density at radius 1 is 1.10 bits per heavy atom. The van der Waals surface area contributed by atoms with Gasteiger partial charge in [0.15, 0.2) is 11.5 Å². The van der Waals surface area contributed by atoms with Crippen molar-refractivity contribution >= 4 is 11.3 Å². The summed E-state index contributed by atoms with van der Waals surface area (Å²) in [5.74, 6) is 2.09. The number of benzene rings is 1. The van der Waals surface area contributed by atoms with E-state index in [2.05, 4.69) is 10.2 Å². The Labute approximate surface area is 122 Å². The maximum absolute atomic E-state index is 6.00. The largest absolute Gasteiger partial charge is 0.497 e. The van der Waals surface area contributed by atoms with Crippen molar-refractivity contribution in [2.24, 2.45) is 0 Å². The quantitative estimate of drug-likeness (QED) is 0.798. The van der Waals surface area contributed by atoms with Crippen molar-refractivity contribution in [3.63, 3.8) is 0 Å². The van der Waals surface area contributed by atoms with Crippen LogP contribution >= 0.6 is 0 Å². The molecule has 0 aliphatic heterocycles. The molecule has 3 aromatic rings. The van der Waals surface area contributed by atoms with Crippen molar-refractivity contribution in [3.8, 4) is 22.9 Å². The summed E-state index contributed by atoms with van der Waals surface area (Å²) in [6, 6.07) is 7.42. The maximum Gasteiger partial charge on any atom is 0.184 e. The number of aromatic nitrogens is 3. The van der Waals surface area contributed by atoms with E-state index in [1.165, 1.54) is 0 Å². The Bertz CT molecular complexity index is 811. The number of methoxy groups -OCH3 is 2. The summed E-state index contributed by atoms with van der Waals surface area (Å²) in [6.07, 6.45) is 1.94. The smallest absolute Gasteiger partial charge is 0.184 e. The number of hydrogen-bond acceptors (Lipinski definition) is 5. The van der Waals surface area contributed by atoms with Crippen LogP contribution in [0.4, 0.5) is 5.69 Å². The molecule has 0 aliphatic carbocycles. The van der Waals surface area contributed by atoms with Crippen molar-refractivity contribution < 1.29 is 9.47 Å². The molecule has 0 atom stereocenters. The van der Waals surface area contributed by atoms with Gasteiger partial charge in [-0.1, -0.05) is 0 Å². The molecule has 0 spiro atoms. The van der Waals surface area contributed by atoms with Crippen LogP contribution in [0.15, 0.2) is 30.5 Å². The van der Waals surface area contributed by atoms with Crippen LogP contribution in [-0.4, -0.2) is 28.8 Å². The second-order valence-corrected chi connectivity index (χ2v) is 4.76. The van der Waals surface area contributed by atoms with E-state index in [1.807, 2.05) is 41.8 Å². The van der Waals surface area contributed by atoms with E-state index < -0.39 is 0 Å².